The van der Waals surface area contributed by atoms with Crippen LogP contribution >= 0.6 is 0 Å². The molecule has 4 heteroatoms. The van der Waals surface area contributed by atoms with Gasteiger partial charge in [-0.25, -0.2) is 0 Å². The maximum atomic E-state index is 11.1. The van der Waals surface area contributed by atoms with Crippen LogP contribution in [0, 0.1) is 11.3 Å². The largest absolute Gasteiger partial charge is 0.481 e. The van der Waals surface area contributed by atoms with E-state index >= 15 is 0 Å². The Morgan fingerprint density at radius 3 is 2.40 bits per heavy atom. The van der Waals surface area contributed by atoms with Crippen LogP contribution in [0.2, 0.25) is 0 Å². The van der Waals surface area contributed by atoms with Gasteiger partial charge in [-0.2, -0.15) is 0 Å². The van der Waals surface area contributed by atoms with E-state index in [0.29, 0.717) is 12.5 Å². The molecule has 1 amide bonds. The van der Waals surface area contributed by atoms with Crippen molar-refractivity contribution in [2.45, 2.75) is 39.5 Å². The highest BCUT2D eigenvalue weighted by Gasteiger charge is 2.33. The Morgan fingerprint density at radius 2 is 2.00 bits per heavy atom. The summed E-state index contributed by atoms with van der Waals surface area (Å²) in [5.41, 5.74) is 0.0897. The van der Waals surface area contributed by atoms with Crippen LogP contribution in [0.25, 0.3) is 0 Å². The lowest BCUT2D eigenvalue weighted by atomic mass is 9.67. The van der Waals surface area contributed by atoms with Gasteiger partial charge < -0.3 is 10.4 Å². The molecule has 0 spiro atoms. The van der Waals surface area contributed by atoms with Crippen molar-refractivity contribution in [1.82, 2.24) is 5.32 Å². The minimum Gasteiger partial charge on any atom is -0.481 e. The lowest BCUT2D eigenvalue weighted by Crippen LogP contribution is -2.41. The van der Waals surface area contributed by atoms with Crippen molar-refractivity contribution in [1.29, 1.82) is 0 Å². The fourth-order valence-corrected chi connectivity index (χ4v) is 1.86. The van der Waals surface area contributed by atoms with Gasteiger partial charge in [0.2, 0.25) is 5.91 Å². The molecule has 0 aliphatic heterocycles. The fourth-order valence-electron chi connectivity index (χ4n) is 1.86. The third-order valence-electron chi connectivity index (χ3n) is 3.26. The number of nitrogens with one attached hydrogen (secondary N) is 1. The van der Waals surface area contributed by atoms with Crippen LogP contribution in [-0.2, 0) is 9.59 Å². The molecule has 4 nitrogen and oxygen atoms in total. The van der Waals surface area contributed by atoms with Gasteiger partial charge in [-0.15, -0.1) is 0 Å². The zero-order valence-corrected chi connectivity index (χ0v) is 9.38. The molecule has 0 radical (unpaired) electrons. The van der Waals surface area contributed by atoms with E-state index in [0.717, 1.165) is 0 Å². The van der Waals surface area contributed by atoms with Gasteiger partial charge >= 0.3 is 5.97 Å². The Hall–Kier alpha value is -1.06. The first kappa shape index (κ1) is 12.0. The second kappa shape index (κ2) is 4.64. The van der Waals surface area contributed by atoms with E-state index in [-0.39, 0.29) is 5.41 Å². The van der Waals surface area contributed by atoms with Gasteiger partial charge in [0.15, 0.2) is 0 Å². The minimum atomic E-state index is -1.08. The normalized spacial score (nSPS) is 16.9. The van der Waals surface area contributed by atoms with Gasteiger partial charge in [0.1, 0.15) is 6.42 Å². The summed E-state index contributed by atoms with van der Waals surface area (Å²) in [5, 5.41) is 11.1. The summed E-state index contributed by atoms with van der Waals surface area (Å²) >= 11 is 0. The summed E-state index contributed by atoms with van der Waals surface area (Å²) in [5.74, 6) is -0.800. The lowest BCUT2D eigenvalue weighted by Gasteiger charge is -2.40. The minimum absolute atomic E-state index is 0.0897. The van der Waals surface area contributed by atoms with Crippen molar-refractivity contribution in [3.63, 3.8) is 0 Å². The standard InChI is InChI=1S/C11H19NO3/c1-11(2,8-4-3-5-8)7-12-9(13)6-10(14)15/h8H,3-7H2,1-2H3,(H,12,13)(H,14,15). The molecule has 0 saturated heterocycles. The SMILES string of the molecule is CC(C)(CNC(=O)CC(=O)O)C1CCC1. The van der Waals surface area contributed by atoms with Crippen molar-refractivity contribution >= 4 is 11.9 Å². The lowest BCUT2D eigenvalue weighted by molar-refractivity contribution is -0.140. The molecule has 1 aliphatic rings. The second-order valence-corrected chi connectivity index (χ2v) is 4.96. The van der Waals surface area contributed by atoms with Gasteiger partial charge in [0, 0.05) is 6.54 Å². The smallest absolute Gasteiger partial charge is 0.312 e. The van der Waals surface area contributed by atoms with Crippen LogP contribution in [0.1, 0.15) is 39.5 Å². The molecular formula is C11H19NO3. The molecule has 0 unspecified atom stereocenters. The van der Waals surface area contributed by atoms with Gasteiger partial charge in [-0.1, -0.05) is 20.3 Å². The first-order valence-electron chi connectivity index (χ1n) is 5.40. The van der Waals surface area contributed by atoms with Crippen molar-refractivity contribution in [3.05, 3.63) is 0 Å². The number of carbonyl (C=O) groups excluding carboxylic acids is 1. The van der Waals surface area contributed by atoms with E-state index in [1.54, 1.807) is 0 Å². The first-order chi connectivity index (χ1) is 6.92. The Kier molecular flexibility index (Phi) is 3.72. The molecule has 0 bridgehead atoms. The van der Waals surface area contributed by atoms with Crippen molar-refractivity contribution in [2.75, 3.05) is 6.54 Å². The van der Waals surface area contributed by atoms with E-state index in [9.17, 15) is 9.59 Å². The average Bonchev–Trinajstić information content (AvgIpc) is 1.95. The molecule has 2 N–H and O–H groups in total. The number of carboxylic acid groups (broad SMARTS) is 1. The molecule has 1 saturated carbocycles. The zero-order chi connectivity index (χ0) is 11.5. The van der Waals surface area contributed by atoms with Gasteiger partial charge in [-0.05, 0) is 24.2 Å². The fraction of sp³-hybridized carbons (Fsp3) is 0.818. The predicted octanol–water partition coefficient (Wildman–Crippen LogP) is 1.40. The zero-order valence-electron chi connectivity index (χ0n) is 9.38. The summed E-state index contributed by atoms with van der Waals surface area (Å²) in [6, 6.07) is 0. The monoisotopic (exact) mass is 213 g/mol. The summed E-state index contributed by atoms with van der Waals surface area (Å²) < 4.78 is 0. The Balaban J connectivity index is 2.28. The highest BCUT2D eigenvalue weighted by molar-refractivity contribution is 5.93. The number of hydrogen-bond acceptors (Lipinski definition) is 2. The maximum Gasteiger partial charge on any atom is 0.312 e. The number of amides is 1. The van der Waals surface area contributed by atoms with Crippen LogP contribution in [-0.4, -0.2) is 23.5 Å². The molecule has 0 aromatic heterocycles. The average molecular weight is 213 g/mol. The van der Waals surface area contributed by atoms with Crippen molar-refractivity contribution in [3.8, 4) is 0 Å². The van der Waals surface area contributed by atoms with Crippen LogP contribution in [0.15, 0.2) is 0 Å². The summed E-state index contributed by atoms with van der Waals surface area (Å²) in [6.07, 6.45) is 3.29. The van der Waals surface area contributed by atoms with Crippen molar-refractivity contribution < 1.29 is 14.7 Å². The van der Waals surface area contributed by atoms with Crippen molar-refractivity contribution in [2.24, 2.45) is 11.3 Å². The third-order valence-corrected chi connectivity index (χ3v) is 3.26. The number of hydrogen-bond donors (Lipinski definition) is 2. The predicted molar refractivity (Wildman–Crippen MR) is 56.4 cm³/mol. The molecule has 0 atom stereocenters. The van der Waals surface area contributed by atoms with E-state index in [1.165, 1.54) is 19.3 Å². The molecule has 0 aromatic rings. The number of rotatable bonds is 5. The maximum absolute atomic E-state index is 11.1. The van der Waals surface area contributed by atoms with E-state index in [2.05, 4.69) is 19.2 Å². The number of carboxylic acids is 1. The molecule has 0 aromatic carbocycles. The van der Waals surface area contributed by atoms with Gasteiger partial charge in [0.05, 0.1) is 0 Å². The molecule has 15 heavy (non-hydrogen) atoms. The third kappa shape index (κ3) is 3.53. The summed E-state index contributed by atoms with van der Waals surface area (Å²) in [6.45, 7) is 4.82. The highest BCUT2D eigenvalue weighted by Crippen LogP contribution is 2.41. The Labute approximate surface area is 90.0 Å². The second-order valence-electron chi connectivity index (χ2n) is 4.96. The molecule has 86 valence electrons. The first-order valence-corrected chi connectivity index (χ1v) is 5.40. The van der Waals surface area contributed by atoms with Crippen LogP contribution in [0.5, 0.6) is 0 Å². The molecule has 0 heterocycles. The molecule has 1 rings (SSSR count). The van der Waals surface area contributed by atoms with Crippen LogP contribution in [0.4, 0.5) is 0 Å². The summed E-state index contributed by atoms with van der Waals surface area (Å²) in [7, 11) is 0. The summed E-state index contributed by atoms with van der Waals surface area (Å²) in [4.78, 5) is 21.4. The Morgan fingerprint density at radius 1 is 1.40 bits per heavy atom. The highest BCUT2D eigenvalue weighted by atomic mass is 16.4. The molecule has 1 aliphatic carbocycles. The number of carbonyl (C=O) groups is 2. The van der Waals surface area contributed by atoms with Crippen LogP contribution in [0.3, 0.4) is 0 Å². The van der Waals surface area contributed by atoms with Gasteiger partial charge in [-0.3, -0.25) is 9.59 Å². The van der Waals surface area contributed by atoms with E-state index in [1.807, 2.05) is 0 Å². The number of aliphatic carboxylic acids is 1. The molecular weight excluding hydrogens is 194 g/mol. The van der Waals surface area contributed by atoms with E-state index < -0.39 is 18.3 Å². The van der Waals surface area contributed by atoms with Crippen LogP contribution < -0.4 is 5.32 Å². The Bertz CT molecular complexity index is 257. The quantitative estimate of drug-likeness (QED) is 0.678. The van der Waals surface area contributed by atoms with E-state index in [4.69, 9.17) is 5.11 Å². The van der Waals surface area contributed by atoms with Gasteiger partial charge in [0.25, 0.3) is 0 Å². The topological polar surface area (TPSA) is 66.4 Å². The molecule has 1 fully saturated rings.